The average molecular weight is 279 g/mol. The summed E-state index contributed by atoms with van der Waals surface area (Å²) in [5, 5.41) is 20.1. The van der Waals surface area contributed by atoms with Crippen LogP contribution in [-0.2, 0) is 0 Å². The molecule has 0 amide bonds. The molecule has 104 valence electrons. The van der Waals surface area contributed by atoms with Gasteiger partial charge in [-0.15, -0.1) is 11.3 Å². The number of aliphatic hydroxyl groups is 2. The van der Waals surface area contributed by atoms with E-state index in [0.29, 0.717) is 13.0 Å². The van der Waals surface area contributed by atoms with E-state index >= 15 is 0 Å². The first-order valence-corrected chi connectivity index (χ1v) is 7.68. The van der Waals surface area contributed by atoms with Gasteiger partial charge in [0, 0.05) is 4.88 Å². The van der Waals surface area contributed by atoms with Crippen LogP contribution in [0, 0.1) is 11.8 Å². The van der Waals surface area contributed by atoms with Gasteiger partial charge in [-0.25, -0.2) is 0 Å². The molecule has 0 bridgehead atoms. The third-order valence-corrected chi connectivity index (χ3v) is 4.60. The molecule has 1 fully saturated rings. The van der Waals surface area contributed by atoms with E-state index in [-0.39, 0.29) is 0 Å². The lowest BCUT2D eigenvalue weighted by Gasteiger charge is -2.26. The second-order valence-corrected chi connectivity index (χ2v) is 6.25. The van der Waals surface area contributed by atoms with Crippen LogP contribution in [0.2, 0.25) is 0 Å². The van der Waals surface area contributed by atoms with E-state index in [1.807, 2.05) is 12.1 Å². The lowest BCUT2D eigenvalue weighted by atomic mass is 9.85. The Morgan fingerprint density at radius 1 is 1.32 bits per heavy atom. The molecule has 0 spiro atoms. The SMILES string of the molecule is NCCC(O)c1ccc(C#CC2(O)CCCCC2)s1. The first kappa shape index (κ1) is 14.5. The highest BCUT2D eigenvalue weighted by atomic mass is 32.1. The summed E-state index contributed by atoms with van der Waals surface area (Å²) in [6.07, 6.45) is 4.91. The lowest BCUT2D eigenvalue weighted by Crippen LogP contribution is -2.29. The molecule has 0 aliphatic heterocycles. The smallest absolute Gasteiger partial charge is 0.125 e. The summed E-state index contributed by atoms with van der Waals surface area (Å²) in [6.45, 7) is 0.472. The van der Waals surface area contributed by atoms with Crippen molar-refractivity contribution in [3.8, 4) is 11.8 Å². The van der Waals surface area contributed by atoms with Crippen LogP contribution >= 0.6 is 11.3 Å². The predicted molar refractivity (Wildman–Crippen MR) is 77.9 cm³/mol. The molecule has 4 heteroatoms. The Kier molecular flexibility index (Phi) is 5.00. The summed E-state index contributed by atoms with van der Waals surface area (Å²) in [5.41, 5.74) is 4.62. The second-order valence-electron chi connectivity index (χ2n) is 5.14. The van der Waals surface area contributed by atoms with Crippen molar-refractivity contribution in [2.24, 2.45) is 5.73 Å². The Balaban J connectivity index is 2.03. The van der Waals surface area contributed by atoms with Crippen molar-refractivity contribution in [1.29, 1.82) is 0 Å². The minimum atomic E-state index is -0.807. The molecule has 1 aromatic rings. The number of nitrogens with two attached hydrogens (primary N) is 1. The summed E-state index contributed by atoms with van der Waals surface area (Å²) in [4.78, 5) is 1.79. The Labute approximate surface area is 118 Å². The van der Waals surface area contributed by atoms with Crippen LogP contribution in [0.3, 0.4) is 0 Å². The van der Waals surface area contributed by atoms with Gasteiger partial charge in [0.05, 0.1) is 11.0 Å². The van der Waals surface area contributed by atoms with Gasteiger partial charge < -0.3 is 15.9 Å². The van der Waals surface area contributed by atoms with Gasteiger partial charge in [0.2, 0.25) is 0 Å². The van der Waals surface area contributed by atoms with Crippen LogP contribution in [0.5, 0.6) is 0 Å². The largest absolute Gasteiger partial charge is 0.388 e. The highest BCUT2D eigenvalue weighted by molar-refractivity contribution is 7.12. The molecule has 19 heavy (non-hydrogen) atoms. The quantitative estimate of drug-likeness (QED) is 0.743. The van der Waals surface area contributed by atoms with Gasteiger partial charge in [-0.05, 0) is 50.8 Å². The molecule has 2 rings (SSSR count). The number of hydrogen-bond acceptors (Lipinski definition) is 4. The zero-order valence-corrected chi connectivity index (χ0v) is 11.9. The first-order chi connectivity index (χ1) is 9.13. The summed E-state index contributed by atoms with van der Waals surface area (Å²) in [6, 6.07) is 3.79. The van der Waals surface area contributed by atoms with E-state index in [4.69, 9.17) is 5.73 Å². The Bertz CT molecular complexity index is 466. The van der Waals surface area contributed by atoms with E-state index in [0.717, 1.165) is 35.4 Å². The van der Waals surface area contributed by atoms with Crippen molar-refractivity contribution in [2.75, 3.05) is 6.54 Å². The fraction of sp³-hybridized carbons (Fsp3) is 0.600. The molecule has 1 atom stereocenters. The van der Waals surface area contributed by atoms with Gasteiger partial charge in [-0.3, -0.25) is 0 Å². The summed E-state index contributed by atoms with van der Waals surface area (Å²) >= 11 is 1.48. The van der Waals surface area contributed by atoms with Gasteiger partial charge in [0.25, 0.3) is 0 Å². The van der Waals surface area contributed by atoms with Crippen molar-refractivity contribution < 1.29 is 10.2 Å². The molecule has 0 saturated heterocycles. The molecule has 1 aliphatic carbocycles. The molecule has 1 aliphatic rings. The van der Waals surface area contributed by atoms with Crippen molar-refractivity contribution in [1.82, 2.24) is 0 Å². The van der Waals surface area contributed by atoms with Gasteiger partial charge in [0.1, 0.15) is 5.60 Å². The zero-order valence-electron chi connectivity index (χ0n) is 11.1. The summed E-state index contributed by atoms with van der Waals surface area (Å²) in [7, 11) is 0. The number of rotatable bonds is 3. The summed E-state index contributed by atoms with van der Waals surface area (Å²) < 4.78 is 0. The molecule has 4 N–H and O–H groups in total. The molecular weight excluding hydrogens is 258 g/mol. The molecule has 1 aromatic heterocycles. The van der Waals surface area contributed by atoms with E-state index in [2.05, 4.69) is 11.8 Å². The van der Waals surface area contributed by atoms with Crippen LogP contribution < -0.4 is 5.73 Å². The topological polar surface area (TPSA) is 66.5 Å². The molecule has 1 saturated carbocycles. The highest BCUT2D eigenvalue weighted by Crippen LogP contribution is 2.28. The molecule has 3 nitrogen and oxygen atoms in total. The van der Waals surface area contributed by atoms with Gasteiger partial charge in [-0.1, -0.05) is 18.3 Å². The molecule has 1 heterocycles. The Morgan fingerprint density at radius 2 is 2.05 bits per heavy atom. The number of thiophene rings is 1. The number of aliphatic hydroxyl groups excluding tert-OH is 1. The van der Waals surface area contributed by atoms with E-state index in [1.165, 1.54) is 17.8 Å². The van der Waals surface area contributed by atoms with Gasteiger partial charge in [-0.2, -0.15) is 0 Å². The van der Waals surface area contributed by atoms with Crippen LogP contribution in [0.25, 0.3) is 0 Å². The fourth-order valence-corrected chi connectivity index (χ4v) is 3.22. The van der Waals surface area contributed by atoms with Crippen molar-refractivity contribution in [3.05, 3.63) is 21.9 Å². The average Bonchev–Trinajstić information content (AvgIpc) is 2.87. The van der Waals surface area contributed by atoms with Crippen LogP contribution in [0.4, 0.5) is 0 Å². The minimum Gasteiger partial charge on any atom is -0.388 e. The second kappa shape index (κ2) is 6.53. The Morgan fingerprint density at radius 3 is 2.74 bits per heavy atom. The maximum atomic E-state index is 10.3. The maximum Gasteiger partial charge on any atom is 0.125 e. The normalized spacial score (nSPS) is 19.5. The zero-order chi connectivity index (χ0) is 13.7. The van der Waals surface area contributed by atoms with E-state index in [9.17, 15) is 10.2 Å². The third-order valence-electron chi connectivity index (χ3n) is 3.49. The van der Waals surface area contributed by atoms with E-state index < -0.39 is 11.7 Å². The highest BCUT2D eigenvalue weighted by Gasteiger charge is 2.26. The number of hydrogen-bond donors (Lipinski definition) is 3. The minimum absolute atomic E-state index is 0.472. The Hall–Kier alpha value is -0.860. The standard InChI is InChI=1S/C15H21NO2S/c16-11-7-13(17)14-5-4-12(19-14)6-10-15(18)8-2-1-3-9-15/h4-5,13,17-18H,1-3,7-9,11,16H2. The third kappa shape index (κ3) is 4.05. The molecule has 1 unspecified atom stereocenters. The molecular formula is C15H21NO2S. The molecule has 0 radical (unpaired) electrons. The van der Waals surface area contributed by atoms with Crippen LogP contribution in [0.1, 0.15) is 54.4 Å². The monoisotopic (exact) mass is 279 g/mol. The van der Waals surface area contributed by atoms with Crippen molar-refractivity contribution in [3.63, 3.8) is 0 Å². The van der Waals surface area contributed by atoms with Gasteiger partial charge in [0.15, 0.2) is 0 Å². The lowest BCUT2D eigenvalue weighted by molar-refractivity contribution is 0.0610. The maximum absolute atomic E-state index is 10.3. The van der Waals surface area contributed by atoms with Crippen LogP contribution in [0.15, 0.2) is 12.1 Å². The first-order valence-electron chi connectivity index (χ1n) is 6.86. The van der Waals surface area contributed by atoms with Crippen LogP contribution in [-0.4, -0.2) is 22.4 Å². The summed E-state index contributed by atoms with van der Waals surface area (Å²) in [5.74, 6) is 6.06. The van der Waals surface area contributed by atoms with E-state index in [1.54, 1.807) is 0 Å². The van der Waals surface area contributed by atoms with Gasteiger partial charge >= 0.3 is 0 Å². The predicted octanol–water partition coefficient (Wildman–Crippen LogP) is 2.18. The molecule has 0 aromatic carbocycles. The fourth-order valence-electron chi connectivity index (χ4n) is 2.34. The van der Waals surface area contributed by atoms with Crippen molar-refractivity contribution in [2.45, 2.75) is 50.2 Å². The van der Waals surface area contributed by atoms with Crippen molar-refractivity contribution >= 4 is 11.3 Å².